The predicted octanol–water partition coefficient (Wildman–Crippen LogP) is 1.85. The second-order valence-electron chi connectivity index (χ2n) is 4.72. The van der Waals surface area contributed by atoms with E-state index in [0.29, 0.717) is 5.56 Å². The van der Waals surface area contributed by atoms with Crippen LogP contribution in [0.2, 0.25) is 0 Å². The van der Waals surface area contributed by atoms with Gasteiger partial charge in [-0.15, -0.1) is 0 Å². The van der Waals surface area contributed by atoms with Crippen molar-refractivity contribution in [1.82, 2.24) is 5.32 Å². The molecule has 0 unspecified atom stereocenters. The van der Waals surface area contributed by atoms with Crippen LogP contribution in [0.25, 0.3) is 0 Å². The Morgan fingerprint density at radius 3 is 2.28 bits per heavy atom. The summed E-state index contributed by atoms with van der Waals surface area (Å²) in [7, 11) is 0. The summed E-state index contributed by atoms with van der Waals surface area (Å²) in [5, 5.41) is 2.98. The van der Waals surface area contributed by atoms with Gasteiger partial charge in [0.25, 0.3) is 5.91 Å². The third-order valence-corrected chi connectivity index (χ3v) is 3.38. The van der Waals surface area contributed by atoms with Crippen LogP contribution in [0.15, 0.2) is 24.3 Å². The number of benzene rings is 1. The zero-order valence-corrected chi connectivity index (χ0v) is 10.3. The topological polar surface area (TPSA) is 72.2 Å². The first-order valence-electron chi connectivity index (χ1n) is 6.38. The predicted molar refractivity (Wildman–Crippen MR) is 69.3 cm³/mol. The Labute approximate surface area is 107 Å². The first kappa shape index (κ1) is 12.6. The Balaban J connectivity index is 2.10. The van der Waals surface area contributed by atoms with Crippen LogP contribution in [0.4, 0.5) is 0 Å². The van der Waals surface area contributed by atoms with Crippen molar-refractivity contribution in [3.05, 3.63) is 35.4 Å². The molecule has 1 aromatic rings. The number of hydrogen-bond acceptors (Lipinski definition) is 2. The van der Waals surface area contributed by atoms with E-state index < -0.39 is 5.91 Å². The van der Waals surface area contributed by atoms with Crippen LogP contribution in [0, 0.1) is 0 Å². The maximum Gasteiger partial charge on any atom is 0.252 e. The SMILES string of the molecule is NC(=O)c1ccccc1C(=O)NC1CCCCC1. The molecule has 4 heteroatoms. The lowest BCUT2D eigenvalue weighted by molar-refractivity contribution is 0.0914. The molecule has 0 saturated heterocycles. The van der Waals surface area contributed by atoms with Crippen molar-refractivity contribution in [3.63, 3.8) is 0 Å². The fourth-order valence-corrected chi connectivity index (χ4v) is 2.41. The molecule has 0 spiro atoms. The van der Waals surface area contributed by atoms with E-state index in [2.05, 4.69) is 5.32 Å². The molecule has 0 aliphatic heterocycles. The average molecular weight is 246 g/mol. The summed E-state index contributed by atoms with van der Waals surface area (Å²) < 4.78 is 0. The van der Waals surface area contributed by atoms with Gasteiger partial charge in [-0.3, -0.25) is 9.59 Å². The molecule has 0 heterocycles. The van der Waals surface area contributed by atoms with Gasteiger partial charge in [0.15, 0.2) is 0 Å². The van der Waals surface area contributed by atoms with Gasteiger partial charge in [0.1, 0.15) is 0 Å². The first-order valence-corrected chi connectivity index (χ1v) is 6.38. The number of hydrogen-bond donors (Lipinski definition) is 2. The molecule has 96 valence electrons. The Bertz CT molecular complexity index is 451. The van der Waals surface area contributed by atoms with E-state index in [0.717, 1.165) is 25.7 Å². The highest BCUT2D eigenvalue weighted by molar-refractivity contribution is 6.06. The third kappa shape index (κ3) is 2.88. The largest absolute Gasteiger partial charge is 0.366 e. The lowest BCUT2D eigenvalue weighted by Gasteiger charge is -2.23. The van der Waals surface area contributed by atoms with Crippen molar-refractivity contribution in [2.45, 2.75) is 38.1 Å². The van der Waals surface area contributed by atoms with E-state index >= 15 is 0 Å². The molecule has 1 aliphatic carbocycles. The van der Waals surface area contributed by atoms with Crippen molar-refractivity contribution in [2.75, 3.05) is 0 Å². The summed E-state index contributed by atoms with van der Waals surface area (Å²) in [6.07, 6.45) is 5.59. The van der Waals surface area contributed by atoms with E-state index in [1.807, 2.05) is 0 Å². The number of nitrogens with one attached hydrogen (secondary N) is 1. The molecule has 0 bridgehead atoms. The normalized spacial score (nSPS) is 16.2. The van der Waals surface area contributed by atoms with Crippen LogP contribution in [0.5, 0.6) is 0 Å². The first-order chi connectivity index (χ1) is 8.68. The van der Waals surface area contributed by atoms with Crippen molar-refractivity contribution < 1.29 is 9.59 Å². The number of amides is 2. The number of rotatable bonds is 3. The lowest BCUT2D eigenvalue weighted by atomic mass is 9.95. The van der Waals surface area contributed by atoms with Gasteiger partial charge in [0, 0.05) is 6.04 Å². The highest BCUT2D eigenvalue weighted by atomic mass is 16.2. The van der Waals surface area contributed by atoms with E-state index in [1.54, 1.807) is 24.3 Å². The van der Waals surface area contributed by atoms with Gasteiger partial charge >= 0.3 is 0 Å². The van der Waals surface area contributed by atoms with Gasteiger partial charge in [-0.05, 0) is 25.0 Å². The minimum atomic E-state index is -0.565. The highest BCUT2D eigenvalue weighted by Crippen LogP contribution is 2.18. The Kier molecular flexibility index (Phi) is 3.97. The summed E-state index contributed by atoms with van der Waals surface area (Å²) in [5.74, 6) is -0.763. The standard InChI is InChI=1S/C14H18N2O2/c15-13(17)11-8-4-5-9-12(11)14(18)16-10-6-2-1-3-7-10/h4-5,8-10H,1-3,6-7H2,(H2,15,17)(H,16,18). The minimum Gasteiger partial charge on any atom is -0.366 e. The van der Waals surface area contributed by atoms with Crippen LogP contribution in [0.1, 0.15) is 52.8 Å². The van der Waals surface area contributed by atoms with Crippen LogP contribution in [-0.4, -0.2) is 17.9 Å². The number of nitrogens with two attached hydrogens (primary N) is 1. The molecule has 0 radical (unpaired) electrons. The van der Waals surface area contributed by atoms with Gasteiger partial charge in [0.2, 0.25) is 5.91 Å². The van der Waals surface area contributed by atoms with Gasteiger partial charge in [-0.2, -0.15) is 0 Å². The molecule has 3 N–H and O–H groups in total. The molecular weight excluding hydrogens is 228 g/mol. The van der Waals surface area contributed by atoms with Crippen LogP contribution in [0.3, 0.4) is 0 Å². The minimum absolute atomic E-state index is 0.198. The summed E-state index contributed by atoms with van der Waals surface area (Å²) in [4.78, 5) is 23.4. The molecule has 1 saturated carbocycles. The molecule has 2 amide bonds. The van der Waals surface area contributed by atoms with Crippen molar-refractivity contribution in [1.29, 1.82) is 0 Å². The smallest absolute Gasteiger partial charge is 0.252 e. The van der Waals surface area contributed by atoms with Crippen molar-refractivity contribution in [2.24, 2.45) is 5.73 Å². The molecule has 1 fully saturated rings. The molecule has 1 aromatic carbocycles. The van der Waals surface area contributed by atoms with E-state index in [-0.39, 0.29) is 17.5 Å². The summed E-state index contributed by atoms with van der Waals surface area (Å²) >= 11 is 0. The zero-order chi connectivity index (χ0) is 13.0. The maximum absolute atomic E-state index is 12.1. The van der Waals surface area contributed by atoms with Crippen LogP contribution >= 0.6 is 0 Å². The average Bonchev–Trinajstić information content (AvgIpc) is 2.40. The van der Waals surface area contributed by atoms with E-state index in [4.69, 9.17) is 5.73 Å². The van der Waals surface area contributed by atoms with Gasteiger partial charge in [0.05, 0.1) is 11.1 Å². The summed E-state index contributed by atoms with van der Waals surface area (Å²) in [5.41, 5.74) is 5.92. The quantitative estimate of drug-likeness (QED) is 0.854. The second-order valence-corrected chi connectivity index (χ2v) is 4.72. The number of carbonyl (C=O) groups is 2. The number of primary amides is 1. The number of carbonyl (C=O) groups excluding carboxylic acids is 2. The molecule has 0 atom stereocenters. The Morgan fingerprint density at radius 2 is 1.67 bits per heavy atom. The third-order valence-electron chi connectivity index (χ3n) is 3.38. The van der Waals surface area contributed by atoms with Crippen LogP contribution < -0.4 is 11.1 Å². The van der Waals surface area contributed by atoms with Crippen LogP contribution in [-0.2, 0) is 0 Å². The molecule has 4 nitrogen and oxygen atoms in total. The van der Waals surface area contributed by atoms with Gasteiger partial charge in [-0.25, -0.2) is 0 Å². The second kappa shape index (κ2) is 5.67. The Morgan fingerprint density at radius 1 is 1.06 bits per heavy atom. The maximum atomic E-state index is 12.1. The summed E-state index contributed by atoms with van der Waals surface area (Å²) in [6.45, 7) is 0. The van der Waals surface area contributed by atoms with Crippen molar-refractivity contribution in [3.8, 4) is 0 Å². The molecule has 1 aliphatic rings. The Hall–Kier alpha value is -1.84. The molecule has 18 heavy (non-hydrogen) atoms. The molecule has 2 rings (SSSR count). The fraction of sp³-hybridized carbons (Fsp3) is 0.429. The lowest BCUT2D eigenvalue weighted by Crippen LogP contribution is -2.37. The monoisotopic (exact) mass is 246 g/mol. The highest BCUT2D eigenvalue weighted by Gasteiger charge is 2.19. The zero-order valence-electron chi connectivity index (χ0n) is 10.3. The fourth-order valence-electron chi connectivity index (χ4n) is 2.41. The van der Waals surface area contributed by atoms with Gasteiger partial charge < -0.3 is 11.1 Å². The molecule has 0 aromatic heterocycles. The van der Waals surface area contributed by atoms with Gasteiger partial charge in [-0.1, -0.05) is 31.4 Å². The van der Waals surface area contributed by atoms with E-state index in [9.17, 15) is 9.59 Å². The summed E-state index contributed by atoms with van der Waals surface area (Å²) in [6, 6.07) is 6.89. The molecular formula is C14H18N2O2. The van der Waals surface area contributed by atoms with Crippen molar-refractivity contribution >= 4 is 11.8 Å². The van der Waals surface area contributed by atoms with E-state index in [1.165, 1.54) is 6.42 Å².